The SMILES string of the molecule is O=C(COc1ccc(Br)cc1)OC(Cn1cncn1)c1ccccc1. The first kappa shape index (κ1) is 17.2. The van der Waals surface area contributed by atoms with Crippen molar-refractivity contribution < 1.29 is 14.3 Å². The maximum atomic E-state index is 12.2. The van der Waals surface area contributed by atoms with Gasteiger partial charge in [-0.15, -0.1) is 0 Å². The number of carbonyl (C=O) groups excluding carboxylic acids is 1. The first-order chi connectivity index (χ1) is 12.2. The van der Waals surface area contributed by atoms with E-state index in [2.05, 4.69) is 26.0 Å². The van der Waals surface area contributed by atoms with Crippen molar-refractivity contribution in [1.29, 1.82) is 0 Å². The van der Waals surface area contributed by atoms with E-state index in [4.69, 9.17) is 9.47 Å². The van der Waals surface area contributed by atoms with Crippen LogP contribution in [0.5, 0.6) is 5.75 Å². The summed E-state index contributed by atoms with van der Waals surface area (Å²) in [6, 6.07) is 16.8. The summed E-state index contributed by atoms with van der Waals surface area (Å²) in [5.41, 5.74) is 0.884. The van der Waals surface area contributed by atoms with E-state index in [9.17, 15) is 4.79 Å². The second-order valence-electron chi connectivity index (χ2n) is 5.25. The van der Waals surface area contributed by atoms with Gasteiger partial charge in [-0.25, -0.2) is 14.5 Å². The summed E-state index contributed by atoms with van der Waals surface area (Å²) in [6.45, 7) is 0.219. The monoisotopic (exact) mass is 401 g/mol. The Balaban J connectivity index is 1.62. The molecule has 0 aliphatic rings. The molecule has 128 valence electrons. The number of hydrogen-bond donors (Lipinski definition) is 0. The van der Waals surface area contributed by atoms with Crippen LogP contribution in [0.15, 0.2) is 71.7 Å². The highest BCUT2D eigenvalue weighted by molar-refractivity contribution is 9.10. The predicted molar refractivity (Wildman–Crippen MR) is 94.9 cm³/mol. The van der Waals surface area contributed by atoms with Crippen LogP contribution in [-0.2, 0) is 16.1 Å². The summed E-state index contributed by atoms with van der Waals surface area (Å²) in [5, 5.41) is 4.07. The zero-order valence-electron chi connectivity index (χ0n) is 13.3. The molecule has 0 aliphatic heterocycles. The van der Waals surface area contributed by atoms with Crippen molar-refractivity contribution in [2.24, 2.45) is 0 Å². The number of ether oxygens (including phenoxy) is 2. The fourth-order valence-corrected chi connectivity index (χ4v) is 2.51. The van der Waals surface area contributed by atoms with E-state index >= 15 is 0 Å². The molecule has 6 nitrogen and oxygen atoms in total. The smallest absolute Gasteiger partial charge is 0.344 e. The molecule has 1 unspecified atom stereocenters. The van der Waals surface area contributed by atoms with Crippen molar-refractivity contribution in [2.75, 3.05) is 6.61 Å². The van der Waals surface area contributed by atoms with Crippen LogP contribution in [0, 0.1) is 0 Å². The zero-order valence-corrected chi connectivity index (χ0v) is 14.9. The van der Waals surface area contributed by atoms with Crippen molar-refractivity contribution in [3.8, 4) is 5.75 Å². The number of rotatable bonds is 7. The molecule has 1 atom stereocenters. The largest absolute Gasteiger partial charge is 0.482 e. The zero-order chi connectivity index (χ0) is 17.5. The fraction of sp³-hybridized carbons (Fsp3) is 0.167. The van der Waals surface area contributed by atoms with E-state index in [1.165, 1.54) is 6.33 Å². The van der Waals surface area contributed by atoms with Gasteiger partial charge in [0.1, 0.15) is 24.5 Å². The molecule has 0 radical (unpaired) electrons. The molecule has 0 saturated heterocycles. The standard InChI is InChI=1S/C18H16BrN3O3/c19-15-6-8-16(9-7-15)24-11-18(23)25-17(10-22-13-20-12-21-22)14-4-2-1-3-5-14/h1-9,12-13,17H,10-11H2. The third-order valence-corrected chi connectivity index (χ3v) is 3.96. The van der Waals surface area contributed by atoms with Gasteiger partial charge in [-0.05, 0) is 29.8 Å². The van der Waals surface area contributed by atoms with Crippen LogP contribution in [0.25, 0.3) is 0 Å². The van der Waals surface area contributed by atoms with Crippen molar-refractivity contribution >= 4 is 21.9 Å². The number of benzene rings is 2. The molecule has 0 amide bonds. The van der Waals surface area contributed by atoms with E-state index in [-0.39, 0.29) is 6.61 Å². The molecule has 0 saturated carbocycles. The summed E-state index contributed by atoms with van der Waals surface area (Å²) >= 11 is 3.35. The normalized spacial score (nSPS) is 11.7. The first-order valence-electron chi connectivity index (χ1n) is 7.66. The van der Waals surface area contributed by atoms with Gasteiger partial charge in [-0.2, -0.15) is 5.10 Å². The Morgan fingerprint density at radius 1 is 1.12 bits per heavy atom. The minimum Gasteiger partial charge on any atom is -0.482 e. The van der Waals surface area contributed by atoms with Crippen LogP contribution in [0.3, 0.4) is 0 Å². The lowest BCUT2D eigenvalue weighted by atomic mass is 10.1. The summed E-state index contributed by atoms with van der Waals surface area (Å²) < 4.78 is 13.6. The highest BCUT2D eigenvalue weighted by atomic mass is 79.9. The highest BCUT2D eigenvalue weighted by Crippen LogP contribution is 2.20. The highest BCUT2D eigenvalue weighted by Gasteiger charge is 2.18. The molecule has 0 bridgehead atoms. The minimum absolute atomic E-state index is 0.164. The van der Waals surface area contributed by atoms with E-state index < -0.39 is 12.1 Å². The quantitative estimate of drug-likeness (QED) is 0.567. The molecule has 3 aromatic rings. The van der Waals surface area contributed by atoms with Crippen LogP contribution in [0.2, 0.25) is 0 Å². The van der Waals surface area contributed by atoms with Gasteiger partial charge in [0.15, 0.2) is 6.61 Å². The van der Waals surface area contributed by atoms with Crippen molar-refractivity contribution in [3.63, 3.8) is 0 Å². The van der Waals surface area contributed by atoms with Gasteiger partial charge in [-0.3, -0.25) is 0 Å². The van der Waals surface area contributed by atoms with Crippen LogP contribution in [-0.4, -0.2) is 27.3 Å². The minimum atomic E-state index is -0.469. The van der Waals surface area contributed by atoms with Gasteiger partial charge < -0.3 is 9.47 Å². The Kier molecular flexibility index (Phi) is 5.79. The van der Waals surface area contributed by atoms with Crippen molar-refractivity contribution in [2.45, 2.75) is 12.6 Å². The first-order valence-corrected chi connectivity index (χ1v) is 8.45. The lowest BCUT2D eigenvalue weighted by molar-refractivity contribution is -0.152. The molecule has 0 aliphatic carbocycles. The third-order valence-electron chi connectivity index (χ3n) is 3.43. The maximum Gasteiger partial charge on any atom is 0.344 e. The Hall–Kier alpha value is -2.67. The molecule has 0 N–H and O–H groups in total. The van der Waals surface area contributed by atoms with Gasteiger partial charge in [0.25, 0.3) is 0 Å². The van der Waals surface area contributed by atoms with Gasteiger partial charge in [0.05, 0.1) is 6.54 Å². The molecule has 3 rings (SSSR count). The predicted octanol–water partition coefficient (Wildman–Crippen LogP) is 3.40. The van der Waals surface area contributed by atoms with E-state index in [0.29, 0.717) is 12.3 Å². The number of hydrogen-bond acceptors (Lipinski definition) is 5. The van der Waals surface area contributed by atoms with Gasteiger partial charge >= 0.3 is 5.97 Å². The molecular weight excluding hydrogens is 386 g/mol. The Morgan fingerprint density at radius 3 is 2.56 bits per heavy atom. The Bertz CT molecular complexity index is 792. The molecular formula is C18H16BrN3O3. The lowest BCUT2D eigenvalue weighted by Crippen LogP contribution is -2.21. The van der Waals surface area contributed by atoms with Crippen LogP contribution in [0.4, 0.5) is 0 Å². The second kappa shape index (κ2) is 8.43. The van der Waals surface area contributed by atoms with E-state index in [1.807, 2.05) is 42.5 Å². The fourth-order valence-electron chi connectivity index (χ4n) is 2.24. The van der Waals surface area contributed by atoms with E-state index in [0.717, 1.165) is 10.0 Å². The van der Waals surface area contributed by atoms with Gasteiger partial charge in [0, 0.05) is 4.47 Å². The number of halogens is 1. The van der Waals surface area contributed by atoms with E-state index in [1.54, 1.807) is 23.1 Å². The average molecular weight is 402 g/mol. The molecule has 1 aromatic heterocycles. The summed E-state index contributed by atoms with van der Waals surface area (Å²) in [6.07, 6.45) is 2.56. The number of aromatic nitrogens is 3. The average Bonchev–Trinajstić information content (AvgIpc) is 3.15. The summed E-state index contributed by atoms with van der Waals surface area (Å²) in [4.78, 5) is 16.1. The number of nitrogens with zero attached hydrogens (tertiary/aromatic N) is 3. The molecule has 1 heterocycles. The van der Waals surface area contributed by atoms with Crippen molar-refractivity contribution in [3.05, 3.63) is 77.3 Å². The number of esters is 1. The Labute approximate surface area is 153 Å². The second-order valence-corrected chi connectivity index (χ2v) is 6.16. The molecule has 0 spiro atoms. The van der Waals surface area contributed by atoms with Crippen LogP contribution >= 0.6 is 15.9 Å². The van der Waals surface area contributed by atoms with Crippen LogP contribution < -0.4 is 4.74 Å². The molecule has 2 aromatic carbocycles. The van der Waals surface area contributed by atoms with Gasteiger partial charge in [-0.1, -0.05) is 46.3 Å². The molecule has 0 fully saturated rings. The summed E-state index contributed by atoms with van der Waals surface area (Å²) in [7, 11) is 0. The topological polar surface area (TPSA) is 66.2 Å². The third kappa shape index (κ3) is 5.15. The van der Waals surface area contributed by atoms with Crippen molar-refractivity contribution in [1.82, 2.24) is 14.8 Å². The lowest BCUT2D eigenvalue weighted by Gasteiger charge is -2.18. The van der Waals surface area contributed by atoms with Crippen LogP contribution in [0.1, 0.15) is 11.7 Å². The maximum absolute atomic E-state index is 12.2. The molecule has 25 heavy (non-hydrogen) atoms. The molecule has 7 heteroatoms. The van der Waals surface area contributed by atoms with Gasteiger partial charge in [0.2, 0.25) is 0 Å². The number of carbonyl (C=O) groups is 1. The summed E-state index contributed by atoms with van der Waals surface area (Å²) in [5.74, 6) is 0.157. The Morgan fingerprint density at radius 2 is 1.88 bits per heavy atom.